The van der Waals surface area contributed by atoms with E-state index in [1.807, 2.05) is 31.2 Å². The third-order valence-corrected chi connectivity index (χ3v) is 6.73. The number of halogens is 1. The number of hydrogen-bond acceptors (Lipinski definition) is 11. The molecule has 42 heavy (non-hydrogen) atoms. The summed E-state index contributed by atoms with van der Waals surface area (Å²) in [5.74, 6) is -1.67. The van der Waals surface area contributed by atoms with Gasteiger partial charge in [-0.05, 0) is 48.2 Å². The fourth-order valence-corrected chi connectivity index (χ4v) is 4.96. The molecule has 228 valence electrons. The lowest BCUT2D eigenvalue weighted by Gasteiger charge is -2.44. The maximum absolute atomic E-state index is 12.3. The number of benzene rings is 2. The van der Waals surface area contributed by atoms with Crippen molar-refractivity contribution in [1.82, 2.24) is 0 Å². The number of carbonyl (C=O) groups excluding carboxylic acids is 4. The van der Waals surface area contributed by atoms with Crippen LogP contribution in [0.4, 0.5) is 0 Å². The van der Waals surface area contributed by atoms with Gasteiger partial charge in [0.05, 0.1) is 18.7 Å². The molecule has 5 unspecified atom stereocenters. The van der Waals surface area contributed by atoms with Crippen molar-refractivity contribution < 1.29 is 52.3 Å². The first-order chi connectivity index (χ1) is 19.9. The van der Waals surface area contributed by atoms with Gasteiger partial charge in [-0.3, -0.25) is 19.2 Å². The Morgan fingerprint density at radius 3 is 1.98 bits per heavy atom. The van der Waals surface area contributed by atoms with Crippen molar-refractivity contribution in [1.29, 1.82) is 0 Å². The van der Waals surface area contributed by atoms with E-state index in [4.69, 9.17) is 44.8 Å². The Bertz CT molecular complexity index is 1280. The Morgan fingerprint density at radius 1 is 0.833 bits per heavy atom. The molecular formula is C30H35ClO11. The first-order valence-electron chi connectivity index (χ1n) is 13.3. The van der Waals surface area contributed by atoms with Gasteiger partial charge in [0.1, 0.15) is 30.3 Å². The smallest absolute Gasteiger partial charge is 0.303 e. The predicted molar refractivity (Wildman–Crippen MR) is 149 cm³/mol. The lowest BCUT2D eigenvalue weighted by Crippen LogP contribution is -2.59. The second-order valence-corrected chi connectivity index (χ2v) is 9.95. The SMILES string of the molecule is CCOc1ccc(Cc2cc(C3OC(COC(C)=O)C(OC(C)=O)C(OC(C)=O)C3OC(C)=O)cc(OC)c2Cl)cc1. The zero-order valence-electron chi connectivity index (χ0n) is 24.3. The molecule has 1 fully saturated rings. The average Bonchev–Trinajstić information content (AvgIpc) is 2.91. The standard InChI is InChI=1S/C30H35ClO11/c1-7-37-23-10-8-20(9-11-23)12-21-13-22(14-24(36-6)26(21)31)27-29(40-18(4)34)30(41-19(5)35)28(39-17(3)33)25(42-27)15-38-16(2)32/h8-11,13-14,25,27-30H,7,12,15H2,1-6H3. The van der Waals surface area contributed by atoms with Gasteiger partial charge >= 0.3 is 23.9 Å². The van der Waals surface area contributed by atoms with Gasteiger partial charge in [0, 0.05) is 27.7 Å². The second-order valence-electron chi connectivity index (χ2n) is 9.57. The third kappa shape index (κ3) is 8.59. The molecule has 1 aliphatic rings. The molecule has 12 heteroatoms. The Morgan fingerprint density at radius 2 is 1.43 bits per heavy atom. The molecule has 0 radical (unpaired) electrons. The van der Waals surface area contributed by atoms with E-state index in [2.05, 4.69) is 0 Å². The molecule has 11 nitrogen and oxygen atoms in total. The van der Waals surface area contributed by atoms with Crippen molar-refractivity contribution in [2.45, 2.75) is 71.6 Å². The van der Waals surface area contributed by atoms with E-state index in [9.17, 15) is 19.2 Å². The molecule has 1 heterocycles. The molecular weight excluding hydrogens is 572 g/mol. The van der Waals surface area contributed by atoms with Crippen LogP contribution in [-0.2, 0) is 49.3 Å². The van der Waals surface area contributed by atoms with E-state index in [0.717, 1.165) is 18.2 Å². The van der Waals surface area contributed by atoms with Crippen LogP contribution in [0.2, 0.25) is 5.02 Å². The van der Waals surface area contributed by atoms with Crippen molar-refractivity contribution in [2.75, 3.05) is 20.3 Å². The van der Waals surface area contributed by atoms with Crippen LogP contribution in [0.1, 0.15) is 57.4 Å². The van der Waals surface area contributed by atoms with Crippen LogP contribution in [0, 0.1) is 0 Å². The Kier molecular flexibility index (Phi) is 11.6. The Labute approximate surface area is 249 Å². The lowest BCUT2D eigenvalue weighted by molar-refractivity contribution is -0.254. The van der Waals surface area contributed by atoms with Crippen molar-refractivity contribution >= 4 is 35.5 Å². The molecule has 0 N–H and O–H groups in total. The highest BCUT2D eigenvalue weighted by atomic mass is 35.5. The van der Waals surface area contributed by atoms with Crippen LogP contribution < -0.4 is 9.47 Å². The van der Waals surface area contributed by atoms with Crippen LogP contribution >= 0.6 is 11.6 Å². The van der Waals surface area contributed by atoms with E-state index in [-0.39, 0.29) is 6.61 Å². The van der Waals surface area contributed by atoms with Gasteiger partial charge in [0.2, 0.25) is 0 Å². The first kappa shape index (κ1) is 32.7. The van der Waals surface area contributed by atoms with Gasteiger partial charge in [0.15, 0.2) is 18.3 Å². The van der Waals surface area contributed by atoms with Crippen LogP contribution in [0.5, 0.6) is 11.5 Å². The van der Waals surface area contributed by atoms with Crippen molar-refractivity contribution in [3.05, 3.63) is 58.1 Å². The van der Waals surface area contributed by atoms with Crippen LogP contribution in [-0.4, -0.2) is 68.6 Å². The summed E-state index contributed by atoms with van der Waals surface area (Å²) in [6, 6.07) is 10.9. The van der Waals surface area contributed by atoms with Gasteiger partial charge < -0.3 is 33.2 Å². The third-order valence-electron chi connectivity index (χ3n) is 6.31. The average molecular weight is 607 g/mol. The largest absolute Gasteiger partial charge is 0.495 e. The summed E-state index contributed by atoms with van der Waals surface area (Å²) < 4.78 is 39.2. The second kappa shape index (κ2) is 14.9. The number of hydrogen-bond donors (Lipinski definition) is 0. The molecule has 0 amide bonds. The normalized spacial score (nSPS) is 21.5. The van der Waals surface area contributed by atoms with Gasteiger partial charge in [-0.2, -0.15) is 0 Å². The number of esters is 4. The highest BCUT2D eigenvalue weighted by Gasteiger charge is 2.52. The molecule has 2 aromatic carbocycles. The summed E-state index contributed by atoms with van der Waals surface area (Å²) in [5.41, 5.74) is 2.07. The summed E-state index contributed by atoms with van der Waals surface area (Å²) in [4.78, 5) is 48.1. The minimum absolute atomic E-state index is 0.322. The molecule has 2 aromatic rings. The predicted octanol–water partition coefficient (Wildman–Crippen LogP) is 4.14. The summed E-state index contributed by atoms with van der Waals surface area (Å²) >= 11 is 6.70. The summed E-state index contributed by atoms with van der Waals surface area (Å²) in [6.07, 6.45) is -5.57. The van der Waals surface area contributed by atoms with E-state index in [1.54, 1.807) is 12.1 Å². The number of rotatable bonds is 11. The maximum atomic E-state index is 12.3. The Hall–Kier alpha value is -3.83. The highest BCUT2D eigenvalue weighted by Crippen LogP contribution is 2.41. The number of ether oxygens (including phenoxy) is 7. The van der Waals surface area contributed by atoms with E-state index >= 15 is 0 Å². The topological polar surface area (TPSA) is 133 Å². The molecule has 0 aromatic heterocycles. The highest BCUT2D eigenvalue weighted by molar-refractivity contribution is 6.32. The van der Waals surface area contributed by atoms with Crippen LogP contribution in [0.3, 0.4) is 0 Å². The van der Waals surface area contributed by atoms with Crippen LogP contribution in [0.25, 0.3) is 0 Å². The van der Waals surface area contributed by atoms with E-state index in [1.165, 1.54) is 27.9 Å². The van der Waals surface area contributed by atoms with Crippen molar-refractivity contribution in [3.63, 3.8) is 0 Å². The Balaban J connectivity index is 2.12. The fraction of sp³-hybridized carbons (Fsp3) is 0.467. The summed E-state index contributed by atoms with van der Waals surface area (Å²) in [6.45, 7) is 6.84. The number of carbonyl (C=O) groups is 4. The zero-order valence-corrected chi connectivity index (χ0v) is 25.1. The maximum Gasteiger partial charge on any atom is 0.303 e. The quantitative estimate of drug-likeness (QED) is 0.270. The molecule has 0 saturated carbocycles. The minimum Gasteiger partial charge on any atom is -0.495 e. The monoisotopic (exact) mass is 606 g/mol. The molecule has 0 spiro atoms. The van der Waals surface area contributed by atoms with Crippen LogP contribution in [0.15, 0.2) is 36.4 Å². The van der Waals surface area contributed by atoms with Gasteiger partial charge in [0.25, 0.3) is 0 Å². The van der Waals surface area contributed by atoms with Gasteiger partial charge in [-0.1, -0.05) is 29.8 Å². The molecule has 1 aliphatic heterocycles. The molecule has 3 rings (SSSR count). The lowest BCUT2D eigenvalue weighted by atomic mass is 9.89. The van der Waals surface area contributed by atoms with Crippen molar-refractivity contribution in [3.8, 4) is 11.5 Å². The van der Waals surface area contributed by atoms with Gasteiger partial charge in [-0.25, -0.2) is 0 Å². The first-order valence-corrected chi connectivity index (χ1v) is 13.7. The molecule has 1 saturated heterocycles. The fourth-order valence-electron chi connectivity index (χ4n) is 4.71. The van der Waals surface area contributed by atoms with E-state index < -0.39 is 54.4 Å². The van der Waals surface area contributed by atoms with Gasteiger partial charge in [-0.15, -0.1) is 0 Å². The summed E-state index contributed by atoms with van der Waals surface area (Å²) in [5, 5.41) is 0.362. The molecule has 0 bridgehead atoms. The minimum atomic E-state index is -1.30. The van der Waals surface area contributed by atoms with E-state index in [0.29, 0.717) is 34.9 Å². The molecule has 5 atom stereocenters. The summed E-state index contributed by atoms with van der Waals surface area (Å²) in [7, 11) is 1.46. The van der Waals surface area contributed by atoms with Crippen molar-refractivity contribution in [2.24, 2.45) is 0 Å². The number of methoxy groups -OCH3 is 1. The zero-order chi connectivity index (χ0) is 31.0. The molecule has 0 aliphatic carbocycles.